The Morgan fingerprint density at radius 2 is 1.25 bits per heavy atom. The Hall–Kier alpha value is -0.0931. The monoisotopic (exact) mass is 139 g/mol. The van der Waals surface area contributed by atoms with Crippen molar-refractivity contribution in [3.63, 3.8) is 0 Å². The third-order valence-corrected chi connectivity index (χ3v) is 0. The summed E-state index contributed by atoms with van der Waals surface area (Å²) in [6.45, 7) is 0. The van der Waals surface area contributed by atoms with E-state index >= 15 is 0 Å². The van der Waals surface area contributed by atoms with Crippen molar-refractivity contribution in [1.82, 2.24) is 4.90 Å². The van der Waals surface area contributed by atoms with Gasteiger partial charge in [0.2, 0.25) is 0 Å². The van der Waals surface area contributed by atoms with Crippen LogP contribution in [0.4, 0.5) is 8.22 Å². The van der Waals surface area contributed by atoms with Gasteiger partial charge in [0.05, 0.1) is 0 Å². The quantitative estimate of drug-likeness (QED) is 0.351. The van der Waals surface area contributed by atoms with E-state index < -0.39 is 9.08 Å². The van der Waals surface area contributed by atoms with Gasteiger partial charge in [0.15, 0.2) is 0 Å². The fourth-order valence-electron chi connectivity index (χ4n) is 0. The topological polar surface area (TPSA) is 3.24 Å². The lowest BCUT2D eigenvalue weighted by Crippen LogP contribution is -1.99. The number of hydrogen-bond acceptors (Lipinski definition) is 1. The highest BCUT2D eigenvalue weighted by Gasteiger charge is 1.73. The van der Waals surface area contributed by atoms with Crippen molar-refractivity contribution in [3.8, 4) is 0 Å². The Labute approximate surface area is 50.5 Å². The first-order chi connectivity index (χ1) is 3.46. The molecule has 50 valence electrons. The van der Waals surface area contributed by atoms with E-state index in [1.54, 1.807) is 0 Å². The summed E-state index contributed by atoms with van der Waals surface area (Å²) in [6.07, 6.45) is 2.41. The summed E-state index contributed by atoms with van der Waals surface area (Å²) >= 11 is 0. The zero-order chi connectivity index (χ0) is 7.15. The average molecular weight is 139 g/mol. The first-order valence-electron chi connectivity index (χ1n) is 2.07. The van der Waals surface area contributed by atoms with Crippen LogP contribution >= 0.6 is 0 Å². The van der Waals surface area contributed by atoms with Gasteiger partial charge >= 0.3 is 9.08 Å². The Morgan fingerprint density at radius 3 is 1.25 bits per heavy atom. The summed E-state index contributed by atoms with van der Waals surface area (Å²) in [4.78, 5) is 2.00. The average Bonchev–Trinajstić information content (AvgIpc) is 1.25. The van der Waals surface area contributed by atoms with Crippen LogP contribution in [0.2, 0.25) is 0 Å². The number of halogens is 2. The lowest BCUT2D eigenvalue weighted by molar-refractivity contribution is 0.505. The normalized spacial score (nSPS) is 7.75. The molecule has 0 spiro atoms. The maximum atomic E-state index is 10.3. The van der Waals surface area contributed by atoms with E-state index in [4.69, 9.17) is 0 Å². The van der Waals surface area contributed by atoms with Crippen molar-refractivity contribution in [1.29, 1.82) is 0 Å². The van der Waals surface area contributed by atoms with Crippen LogP contribution in [-0.2, 0) is 0 Å². The summed E-state index contributed by atoms with van der Waals surface area (Å²) in [5.41, 5.74) is 0. The van der Waals surface area contributed by atoms with E-state index in [-0.39, 0.29) is 0 Å². The van der Waals surface area contributed by atoms with Crippen LogP contribution in [0.5, 0.6) is 0 Å². The second kappa shape index (κ2) is 6.91. The second-order valence-electron chi connectivity index (χ2n) is 1.68. The highest BCUT2D eigenvalue weighted by molar-refractivity contribution is 6.47. The van der Waals surface area contributed by atoms with E-state index in [1.807, 2.05) is 26.0 Å². The predicted octanol–water partition coefficient (Wildman–Crippen LogP) is 0.605. The van der Waals surface area contributed by atoms with Crippen LogP contribution in [0.25, 0.3) is 0 Å². The molecule has 0 aliphatic carbocycles. The van der Waals surface area contributed by atoms with Gasteiger partial charge < -0.3 is 4.90 Å². The van der Waals surface area contributed by atoms with E-state index in [0.29, 0.717) is 0 Å². The van der Waals surface area contributed by atoms with Gasteiger partial charge in [-0.3, -0.25) is 0 Å². The van der Waals surface area contributed by atoms with Crippen LogP contribution < -0.4 is 0 Å². The lowest BCUT2D eigenvalue weighted by atomic mass is 11.0. The molecule has 0 aromatic rings. The second-order valence-corrected chi connectivity index (χ2v) is 2.36. The minimum atomic E-state index is -3.13. The van der Waals surface area contributed by atoms with Crippen molar-refractivity contribution in [2.75, 3.05) is 21.1 Å². The maximum absolute atomic E-state index is 10.3. The van der Waals surface area contributed by atoms with Gasteiger partial charge in [0, 0.05) is 0 Å². The molecule has 0 aromatic heterocycles. The van der Waals surface area contributed by atoms with Crippen molar-refractivity contribution in [2.45, 2.75) is 0 Å². The zero-order valence-corrected chi connectivity index (χ0v) is 6.41. The highest BCUT2D eigenvalue weighted by Crippen LogP contribution is 1.59. The fraction of sp³-hybridized carbons (Fsp3) is 0.750. The minimum absolute atomic E-state index is 2.00. The van der Waals surface area contributed by atoms with Gasteiger partial charge in [-0.1, -0.05) is 6.17 Å². The summed E-state index contributed by atoms with van der Waals surface area (Å²) in [7, 11) is 2.87. The highest BCUT2D eigenvalue weighted by atomic mass is 28.3. The van der Waals surface area contributed by atoms with Gasteiger partial charge in [-0.2, -0.15) is 0 Å². The molecule has 0 amide bonds. The molecule has 0 aliphatic heterocycles. The van der Waals surface area contributed by atoms with Crippen LogP contribution in [-0.4, -0.2) is 41.3 Å². The maximum Gasteiger partial charge on any atom is 0.431 e. The molecule has 0 saturated heterocycles. The molecule has 0 N–H and O–H groups in total. The molecule has 0 heterocycles. The standard InChI is InChI=1S/C3H9N.CH2F2Si/c2*1-4(2)3/h1-3H3;1H2. The van der Waals surface area contributed by atoms with Crippen LogP contribution in [0.15, 0.2) is 0 Å². The van der Waals surface area contributed by atoms with Crippen molar-refractivity contribution >= 4 is 15.3 Å². The molecule has 8 heavy (non-hydrogen) atoms. The molecule has 0 unspecified atom stereocenters. The molecular formula is C4H11F2NSi. The zero-order valence-electron chi connectivity index (χ0n) is 5.41. The molecule has 0 aliphatic rings. The molecule has 1 nitrogen and oxygen atoms in total. The molecule has 0 bridgehead atoms. The Balaban J connectivity index is 0. The molecule has 4 heteroatoms. The Kier molecular flexibility index (Phi) is 9.33. The molecule has 0 rings (SSSR count). The molecule has 0 fully saturated rings. The van der Waals surface area contributed by atoms with E-state index in [1.165, 1.54) is 0 Å². The predicted molar refractivity (Wildman–Crippen MR) is 34.7 cm³/mol. The fourth-order valence-corrected chi connectivity index (χ4v) is 0. The molecule has 0 aromatic carbocycles. The molecule has 0 saturated carbocycles. The van der Waals surface area contributed by atoms with E-state index in [2.05, 4.69) is 6.17 Å². The SMILES string of the molecule is C=[Si](F)F.CN(C)C. The molecule has 0 atom stereocenters. The van der Waals surface area contributed by atoms with E-state index in [9.17, 15) is 8.22 Å². The smallest absolute Gasteiger partial charge is 0.312 e. The van der Waals surface area contributed by atoms with Gasteiger partial charge in [0.1, 0.15) is 0 Å². The molecular weight excluding hydrogens is 128 g/mol. The summed E-state index contributed by atoms with van der Waals surface area (Å²) in [5, 5.41) is 0. The summed E-state index contributed by atoms with van der Waals surface area (Å²) < 4.78 is 20.6. The van der Waals surface area contributed by atoms with Gasteiger partial charge in [-0.05, 0) is 21.1 Å². The third-order valence-electron chi connectivity index (χ3n) is 0. The number of nitrogens with zero attached hydrogens (tertiary/aromatic N) is 1. The van der Waals surface area contributed by atoms with Gasteiger partial charge in [0.25, 0.3) is 0 Å². The molecule has 0 radical (unpaired) electrons. The van der Waals surface area contributed by atoms with Crippen molar-refractivity contribution in [2.24, 2.45) is 0 Å². The van der Waals surface area contributed by atoms with Gasteiger partial charge in [-0.25, -0.2) is 8.22 Å². The first kappa shape index (κ1) is 10.8. The number of rotatable bonds is 0. The lowest BCUT2D eigenvalue weighted by Gasteiger charge is -1.90. The van der Waals surface area contributed by atoms with Crippen LogP contribution in [0, 0.1) is 0 Å². The van der Waals surface area contributed by atoms with Crippen molar-refractivity contribution in [3.05, 3.63) is 0 Å². The number of hydrogen-bond donors (Lipinski definition) is 0. The van der Waals surface area contributed by atoms with Gasteiger partial charge in [-0.15, -0.1) is 0 Å². The van der Waals surface area contributed by atoms with Crippen LogP contribution in [0.3, 0.4) is 0 Å². The minimum Gasteiger partial charge on any atom is -0.312 e. The first-order valence-corrected chi connectivity index (χ1v) is 3.54. The third kappa shape index (κ3) is 16400. The van der Waals surface area contributed by atoms with E-state index in [0.717, 1.165) is 0 Å². The largest absolute Gasteiger partial charge is 0.431 e. The Morgan fingerprint density at radius 1 is 1.25 bits per heavy atom. The Bertz CT molecular complexity index is 58.3. The van der Waals surface area contributed by atoms with Crippen LogP contribution in [0.1, 0.15) is 0 Å². The van der Waals surface area contributed by atoms with Crippen molar-refractivity contribution < 1.29 is 8.22 Å². The summed E-state index contributed by atoms with van der Waals surface area (Å²) in [6, 6.07) is 0. The summed E-state index contributed by atoms with van der Waals surface area (Å²) in [5.74, 6) is 0.